The quantitative estimate of drug-likeness (QED) is 0.284. The molecular formula is C33H46FNO2. The predicted molar refractivity (Wildman–Crippen MR) is 157 cm³/mol. The van der Waals surface area contributed by atoms with Crippen LogP contribution in [0.25, 0.3) is 0 Å². The SMILES string of the molecule is C=C(C)N(Cc1cc(C)ccc1OCCOC(C)(C)C)c1cc(F)ccc1C.CC.Cc1ccccc1. The molecule has 0 saturated carbocycles. The number of ether oxygens (including phenoxy) is 2. The van der Waals surface area contributed by atoms with Crippen LogP contribution in [0.1, 0.15) is 63.8 Å². The van der Waals surface area contributed by atoms with Crippen molar-refractivity contribution in [3.63, 3.8) is 0 Å². The summed E-state index contributed by atoms with van der Waals surface area (Å²) < 4.78 is 25.6. The monoisotopic (exact) mass is 507 g/mol. The molecule has 0 aliphatic carbocycles. The average molecular weight is 508 g/mol. The largest absolute Gasteiger partial charge is 0.491 e. The van der Waals surface area contributed by atoms with Gasteiger partial charge in [0.1, 0.15) is 18.2 Å². The number of hydrogen-bond donors (Lipinski definition) is 0. The Hall–Kier alpha value is -3.11. The van der Waals surface area contributed by atoms with E-state index in [1.165, 1.54) is 11.6 Å². The number of allylic oxidation sites excluding steroid dienone is 1. The van der Waals surface area contributed by atoms with Crippen LogP contribution in [0.15, 0.2) is 79.0 Å². The van der Waals surface area contributed by atoms with E-state index in [1.54, 1.807) is 12.1 Å². The van der Waals surface area contributed by atoms with Crippen LogP contribution in [0.5, 0.6) is 5.75 Å². The Bertz CT molecular complexity index is 1090. The van der Waals surface area contributed by atoms with E-state index in [1.807, 2.05) is 83.7 Å². The van der Waals surface area contributed by atoms with Gasteiger partial charge in [0.2, 0.25) is 0 Å². The molecule has 0 saturated heterocycles. The van der Waals surface area contributed by atoms with Gasteiger partial charge < -0.3 is 14.4 Å². The van der Waals surface area contributed by atoms with Gasteiger partial charge in [0.15, 0.2) is 0 Å². The van der Waals surface area contributed by atoms with Gasteiger partial charge in [-0.1, -0.05) is 80.1 Å². The second kappa shape index (κ2) is 15.9. The van der Waals surface area contributed by atoms with Gasteiger partial charge in [-0.15, -0.1) is 0 Å². The van der Waals surface area contributed by atoms with E-state index in [0.29, 0.717) is 19.8 Å². The summed E-state index contributed by atoms with van der Waals surface area (Å²) in [5, 5.41) is 0. The second-order valence-electron chi connectivity index (χ2n) is 9.83. The van der Waals surface area contributed by atoms with Crippen LogP contribution in [0.3, 0.4) is 0 Å². The van der Waals surface area contributed by atoms with Crippen LogP contribution in [-0.4, -0.2) is 18.8 Å². The summed E-state index contributed by atoms with van der Waals surface area (Å²) in [4.78, 5) is 2.02. The summed E-state index contributed by atoms with van der Waals surface area (Å²) in [6.07, 6.45) is 0. The molecule has 0 bridgehead atoms. The molecule has 0 atom stereocenters. The summed E-state index contributed by atoms with van der Waals surface area (Å²) in [6, 6.07) is 21.2. The lowest BCUT2D eigenvalue weighted by molar-refractivity contribution is -0.0163. The van der Waals surface area contributed by atoms with E-state index < -0.39 is 0 Å². The zero-order chi connectivity index (χ0) is 28.0. The molecular weight excluding hydrogens is 461 g/mol. The van der Waals surface area contributed by atoms with Crippen molar-refractivity contribution >= 4 is 5.69 Å². The Morgan fingerprint density at radius 2 is 1.51 bits per heavy atom. The van der Waals surface area contributed by atoms with Crippen molar-refractivity contribution in [2.24, 2.45) is 0 Å². The lowest BCUT2D eigenvalue weighted by Crippen LogP contribution is -2.23. The number of nitrogens with zero attached hydrogens (tertiary/aromatic N) is 1. The number of rotatable bonds is 8. The number of anilines is 1. The molecule has 0 amide bonds. The lowest BCUT2D eigenvalue weighted by Gasteiger charge is -2.28. The first-order valence-corrected chi connectivity index (χ1v) is 13.0. The molecule has 0 radical (unpaired) electrons. The first-order chi connectivity index (χ1) is 17.5. The van der Waals surface area contributed by atoms with Gasteiger partial charge in [0.05, 0.1) is 18.8 Å². The fourth-order valence-electron chi connectivity index (χ4n) is 3.48. The van der Waals surface area contributed by atoms with Gasteiger partial charge in [-0.3, -0.25) is 0 Å². The summed E-state index contributed by atoms with van der Waals surface area (Å²) in [7, 11) is 0. The Kier molecular flexibility index (Phi) is 13.7. The van der Waals surface area contributed by atoms with E-state index in [0.717, 1.165) is 33.8 Å². The highest BCUT2D eigenvalue weighted by atomic mass is 19.1. The first-order valence-electron chi connectivity index (χ1n) is 13.0. The minimum Gasteiger partial charge on any atom is -0.491 e. The van der Waals surface area contributed by atoms with E-state index in [4.69, 9.17) is 9.47 Å². The van der Waals surface area contributed by atoms with E-state index >= 15 is 0 Å². The van der Waals surface area contributed by atoms with Crippen molar-refractivity contribution in [3.8, 4) is 5.75 Å². The predicted octanol–water partition coefficient (Wildman–Crippen LogP) is 9.20. The molecule has 4 heteroatoms. The van der Waals surface area contributed by atoms with Crippen LogP contribution in [0.4, 0.5) is 10.1 Å². The highest BCUT2D eigenvalue weighted by molar-refractivity contribution is 5.58. The minimum atomic E-state index is -0.258. The van der Waals surface area contributed by atoms with Crippen molar-refractivity contribution in [2.45, 2.75) is 74.5 Å². The van der Waals surface area contributed by atoms with E-state index in [-0.39, 0.29) is 11.4 Å². The molecule has 0 aromatic heterocycles. The molecule has 0 N–H and O–H groups in total. The third-order valence-electron chi connectivity index (χ3n) is 5.28. The van der Waals surface area contributed by atoms with Gasteiger partial charge in [-0.2, -0.15) is 0 Å². The van der Waals surface area contributed by atoms with Crippen molar-refractivity contribution in [1.29, 1.82) is 0 Å². The van der Waals surface area contributed by atoms with Crippen LogP contribution in [0.2, 0.25) is 0 Å². The highest BCUT2D eigenvalue weighted by Crippen LogP contribution is 2.29. The molecule has 3 aromatic rings. The zero-order valence-electron chi connectivity index (χ0n) is 24.3. The summed E-state index contributed by atoms with van der Waals surface area (Å²) in [6.45, 7) is 23.7. The second-order valence-corrected chi connectivity index (χ2v) is 9.83. The average Bonchev–Trinajstić information content (AvgIpc) is 2.84. The van der Waals surface area contributed by atoms with Crippen LogP contribution in [-0.2, 0) is 11.3 Å². The molecule has 0 heterocycles. The molecule has 202 valence electrons. The smallest absolute Gasteiger partial charge is 0.125 e. The Morgan fingerprint density at radius 3 is 2.05 bits per heavy atom. The Labute approximate surface area is 224 Å². The first kappa shape index (κ1) is 31.9. The standard InChI is InChI=1S/C24H32FNO2.C7H8.C2H6/c1-17(2)26(22-15-21(25)10-9-19(22)4)16-20-14-18(3)8-11-23(20)27-12-13-28-24(5,6)7;1-7-5-3-2-4-6-7;1-2/h8-11,14-15H,1,12-13,16H2,2-7H3;2-6H,1H3;1-2H3. The summed E-state index contributed by atoms with van der Waals surface area (Å²) >= 11 is 0. The van der Waals surface area contributed by atoms with E-state index in [9.17, 15) is 4.39 Å². The van der Waals surface area contributed by atoms with Crippen molar-refractivity contribution in [1.82, 2.24) is 0 Å². The molecule has 0 aliphatic rings. The van der Waals surface area contributed by atoms with Gasteiger partial charge in [0.25, 0.3) is 0 Å². The van der Waals surface area contributed by atoms with Crippen molar-refractivity contribution < 1.29 is 13.9 Å². The number of aryl methyl sites for hydroxylation is 3. The fraction of sp³-hybridized carbons (Fsp3) is 0.394. The minimum absolute atomic E-state index is 0.189. The normalized spacial score (nSPS) is 10.4. The molecule has 37 heavy (non-hydrogen) atoms. The topological polar surface area (TPSA) is 21.7 Å². The van der Waals surface area contributed by atoms with Gasteiger partial charge >= 0.3 is 0 Å². The van der Waals surface area contributed by atoms with Gasteiger partial charge in [-0.25, -0.2) is 4.39 Å². The Balaban J connectivity index is 0.000000645. The van der Waals surface area contributed by atoms with Gasteiger partial charge in [-0.05, 0) is 72.2 Å². The molecule has 3 nitrogen and oxygen atoms in total. The number of hydrogen-bond acceptors (Lipinski definition) is 3. The zero-order valence-corrected chi connectivity index (χ0v) is 24.3. The van der Waals surface area contributed by atoms with Crippen molar-refractivity contribution in [3.05, 3.63) is 107 Å². The van der Waals surface area contributed by atoms with Crippen LogP contribution in [0, 0.1) is 26.6 Å². The van der Waals surface area contributed by atoms with E-state index in [2.05, 4.69) is 38.6 Å². The third kappa shape index (κ3) is 12.1. The maximum Gasteiger partial charge on any atom is 0.125 e. The summed E-state index contributed by atoms with van der Waals surface area (Å²) in [5.41, 5.74) is 5.97. The number of benzene rings is 3. The number of halogens is 1. The fourth-order valence-corrected chi connectivity index (χ4v) is 3.48. The summed E-state index contributed by atoms with van der Waals surface area (Å²) in [5.74, 6) is 0.551. The van der Waals surface area contributed by atoms with Crippen LogP contribution < -0.4 is 9.64 Å². The third-order valence-corrected chi connectivity index (χ3v) is 5.28. The van der Waals surface area contributed by atoms with Crippen molar-refractivity contribution in [2.75, 3.05) is 18.1 Å². The maximum atomic E-state index is 13.9. The lowest BCUT2D eigenvalue weighted by atomic mass is 10.1. The maximum absolute atomic E-state index is 13.9. The van der Waals surface area contributed by atoms with Gasteiger partial charge in [0, 0.05) is 16.9 Å². The highest BCUT2D eigenvalue weighted by Gasteiger charge is 2.16. The molecule has 0 aliphatic heterocycles. The molecule has 0 unspecified atom stereocenters. The molecule has 3 aromatic carbocycles. The molecule has 3 rings (SSSR count). The Morgan fingerprint density at radius 1 is 0.865 bits per heavy atom. The van der Waals surface area contributed by atoms with Crippen LogP contribution >= 0.6 is 0 Å². The molecule has 0 fully saturated rings. The molecule has 0 spiro atoms.